The fraction of sp³-hybridized carbons (Fsp3) is 0.267. The molecule has 98 valence electrons. The zero-order valence-corrected chi connectivity index (χ0v) is 11.1. The molecule has 0 saturated heterocycles. The van der Waals surface area contributed by atoms with E-state index in [1.54, 1.807) is 12.1 Å². The summed E-state index contributed by atoms with van der Waals surface area (Å²) < 4.78 is 0. The number of non-ortho nitro benzene ring substituents is 1. The van der Waals surface area contributed by atoms with E-state index < -0.39 is 0 Å². The number of pyridine rings is 1. The Hall–Kier alpha value is -2.23. The lowest BCUT2D eigenvalue weighted by Crippen LogP contribution is -1.95. The molecule has 0 aliphatic carbocycles. The third-order valence-corrected chi connectivity index (χ3v) is 3.05. The highest BCUT2D eigenvalue weighted by atomic mass is 16.6. The number of aromatic nitrogens is 1. The highest BCUT2D eigenvalue weighted by Gasteiger charge is 2.08. The van der Waals surface area contributed by atoms with Crippen LogP contribution in [0.15, 0.2) is 36.4 Å². The molecule has 0 saturated carbocycles. The van der Waals surface area contributed by atoms with Crippen LogP contribution in [0.4, 0.5) is 5.69 Å². The molecule has 4 heteroatoms. The van der Waals surface area contributed by atoms with Crippen LogP contribution in [-0.4, -0.2) is 9.91 Å². The Bertz CT molecular complexity index is 587. The molecule has 0 spiro atoms. The zero-order valence-electron chi connectivity index (χ0n) is 11.1. The first-order valence-electron chi connectivity index (χ1n) is 6.38. The summed E-state index contributed by atoms with van der Waals surface area (Å²) in [4.78, 5) is 15.0. The molecule has 0 fully saturated rings. The van der Waals surface area contributed by atoms with E-state index in [0.717, 1.165) is 35.4 Å². The number of nitro benzene ring substituents is 1. The number of nitrogens with zero attached hydrogens (tertiary/aromatic N) is 2. The fourth-order valence-electron chi connectivity index (χ4n) is 1.98. The van der Waals surface area contributed by atoms with Crippen molar-refractivity contribution in [3.63, 3.8) is 0 Å². The zero-order chi connectivity index (χ0) is 13.8. The maximum atomic E-state index is 10.8. The van der Waals surface area contributed by atoms with Crippen LogP contribution in [0.25, 0.3) is 11.1 Å². The molecule has 2 aromatic rings. The summed E-state index contributed by atoms with van der Waals surface area (Å²) in [6.45, 7) is 4.11. The van der Waals surface area contributed by atoms with Crippen LogP contribution in [0.1, 0.15) is 25.2 Å². The van der Waals surface area contributed by atoms with Crippen molar-refractivity contribution < 1.29 is 4.92 Å². The summed E-state index contributed by atoms with van der Waals surface area (Å²) in [6.07, 6.45) is 1.71. The Morgan fingerprint density at radius 1 is 1.05 bits per heavy atom. The normalized spacial score (nSPS) is 10.4. The van der Waals surface area contributed by atoms with Gasteiger partial charge in [0.25, 0.3) is 5.69 Å². The predicted octanol–water partition coefficient (Wildman–Crippen LogP) is 3.78. The molecule has 0 unspecified atom stereocenters. The minimum atomic E-state index is -0.369. The highest BCUT2D eigenvalue weighted by Crippen LogP contribution is 2.25. The molecule has 0 amide bonds. The van der Waals surface area contributed by atoms with Gasteiger partial charge < -0.3 is 0 Å². The number of hydrogen-bond donors (Lipinski definition) is 0. The van der Waals surface area contributed by atoms with Gasteiger partial charge in [0.05, 0.1) is 4.92 Å². The molecule has 0 atom stereocenters. The molecule has 0 aliphatic rings. The topological polar surface area (TPSA) is 56.0 Å². The lowest BCUT2D eigenvalue weighted by Gasteiger charge is -2.07. The van der Waals surface area contributed by atoms with Crippen LogP contribution in [0.5, 0.6) is 0 Å². The second kappa shape index (κ2) is 5.61. The largest absolute Gasteiger partial charge is 0.270 e. The van der Waals surface area contributed by atoms with Gasteiger partial charge in [0.1, 0.15) is 0 Å². The standard InChI is InChI=1S/C15H16N2O2/c1-3-13-8-12(9-14(4-2)16-13)11-6-5-7-15(10-11)17(18)19/h5-10H,3-4H2,1-2H3. The van der Waals surface area contributed by atoms with Gasteiger partial charge in [-0.05, 0) is 36.1 Å². The maximum absolute atomic E-state index is 10.8. The van der Waals surface area contributed by atoms with E-state index in [9.17, 15) is 10.1 Å². The van der Waals surface area contributed by atoms with Gasteiger partial charge in [-0.25, -0.2) is 0 Å². The van der Waals surface area contributed by atoms with Crippen molar-refractivity contribution in [1.82, 2.24) is 4.98 Å². The van der Waals surface area contributed by atoms with Crippen LogP contribution in [-0.2, 0) is 12.8 Å². The smallest absolute Gasteiger partial charge is 0.258 e. The Morgan fingerprint density at radius 3 is 2.21 bits per heavy atom. The quantitative estimate of drug-likeness (QED) is 0.617. The minimum absolute atomic E-state index is 0.116. The molecule has 19 heavy (non-hydrogen) atoms. The van der Waals surface area contributed by atoms with Crippen molar-refractivity contribution in [1.29, 1.82) is 0 Å². The third-order valence-electron chi connectivity index (χ3n) is 3.05. The van der Waals surface area contributed by atoms with E-state index in [1.807, 2.05) is 18.2 Å². The molecule has 4 nitrogen and oxygen atoms in total. The monoisotopic (exact) mass is 256 g/mol. The second-order valence-electron chi connectivity index (χ2n) is 4.35. The van der Waals surface area contributed by atoms with Crippen LogP contribution in [0, 0.1) is 10.1 Å². The van der Waals surface area contributed by atoms with Gasteiger partial charge in [0, 0.05) is 23.5 Å². The average Bonchev–Trinajstić information content (AvgIpc) is 2.46. The summed E-state index contributed by atoms with van der Waals surface area (Å²) >= 11 is 0. The number of nitro groups is 1. The first-order valence-corrected chi connectivity index (χ1v) is 6.38. The molecule has 0 aliphatic heterocycles. The maximum Gasteiger partial charge on any atom is 0.270 e. The SMILES string of the molecule is CCc1cc(-c2cccc([N+](=O)[O-])c2)cc(CC)n1. The molecule has 1 aromatic carbocycles. The molecule has 0 radical (unpaired) electrons. The van der Waals surface area contributed by atoms with Crippen molar-refractivity contribution in [2.24, 2.45) is 0 Å². The van der Waals surface area contributed by atoms with Gasteiger partial charge in [-0.15, -0.1) is 0 Å². The number of hydrogen-bond acceptors (Lipinski definition) is 3. The first-order chi connectivity index (χ1) is 9.13. The lowest BCUT2D eigenvalue weighted by molar-refractivity contribution is -0.384. The molecular weight excluding hydrogens is 240 g/mol. The molecule has 2 rings (SSSR count). The average molecular weight is 256 g/mol. The second-order valence-corrected chi connectivity index (χ2v) is 4.35. The number of rotatable bonds is 4. The summed E-state index contributed by atoms with van der Waals surface area (Å²) in [5.41, 5.74) is 4.00. The Morgan fingerprint density at radius 2 is 1.68 bits per heavy atom. The summed E-state index contributed by atoms with van der Waals surface area (Å²) in [5.74, 6) is 0. The minimum Gasteiger partial charge on any atom is -0.258 e. The Labute approximate surface area is 112 Å². The first kappa shape index (κ1) is 13.2. The predicted molar refractivity (Wildman–Crippen MR) is 75.1 cm³/mol. The van der Waals surface area contributed by atoms with Gasteiger partial charge in [-0.3, -0.25) is 15.1 Å². The van der Waals surface area contributed by atoms with Gasteiger partial charge in [0.2, 0.25) is 0 Å². The number of aryl methyl sites for hydroxylation is 2. The third kappa shape index (κ3) is 2.96. The van der Waals surface area contributed by atoms with E-state index >= 15 is 0 Å². The summed E-state index contributed by atoms with van der Waals surface area (Å²) in [5, 5.41) is 10.8. The van der Waals surface area contributed by atoms with Gasteiger partial charge in [-0.2, -0.15) is 0 Å². The molecule has 0 N–H and O–H groups in total. The van der Waals surface area contributed by atoms with Crippen LogP contribution < -0.4 is 0 Å². The van der Waals surface area contributed by atoms with E-state index in [1.165, 1.54) is 6.07 Å². The molecular formula is C15H16N2O2. The van der Waals surface area contributed by atoms with Crippen molar-refractivity contribution in [3.8, 4) is 11.1 Å². The van der Waals surface area contributed by atoms with Crippen LogP contribution in [0.2, 0.25) is 0 Å². The molecule has 0 bridgehead atoms. The molecule has 1 aromatic heterocycles. The van der Waals surface area contributed by atoms with Crippen molar-refractivity contribution in [3.05, 3.63) is 57.9 Å². The highest BCUT2D eigenvalue weighted by molar-refractivity contribution is 5.66. The fourth-order valence-corrected chi connectivity index (χ4v) is 1.98. The van der Waals surface area contributed by atoms with Crippen molar-refractivity contribution >= 4 is 5.69 Å². The Kier molecular flexibility index (Phi) is 3.90. The number of benzene rings is 1. The Balaban J connectivity index is 2.51. The molecule has 1 heterocycles. The van der Waals surface area contributed by atoms with Gasteiger partial charge in [0.15, 0.2) is 0 Å². The summed E-state index contributed by atoms with van der Waals surface area (Å²) in [7, 11) is 0. The van der Waals surface area contributed by atoms with E-state index in [4.69, 9.17) is 0 Å². The van der Waals surface area contributed by atoms with Gasteiger partial charge >= 0.3 is 0 Å². The van der Waals surface area contributed by atoms with Crippen molar-refractivity contribution in [2.75, 3.05) is 0 Å². The van der Waals surface area contributed by atoms with E-state index in [0.29, 0.717) is 0 Å². The lowest BCUT2D eigenvalue weighted by atomic mass is 10.0. The van der Waals surface area contributed by atoms with Crippen LogP contribution in [0.3, 0.4) is 0 Å². The van der Waals surface area contributed by atoms with Crippen LogP contribution >= 0.6 is 0 Å². The summed E-state index contributed by atoms with van der Waals surface area (Å²) in [6, 6.07) is 10.7. The van der Waals surface area contributed by atoms with Crippen molar-refractivity contribution in [2.45, 2.75) is 26.7 Å². The van der Waals surface area contributed by atoms with E-state index in [-0.39, 0.29) is 10.6 Å². The van der Waals surface area contributed by atoms with E-state index in [2.05, 4.69) is 18.8 Å². The van der Waals surface area contributed by atoms with Gasteiger partial charge in [-0.1, -0.05) is 26.0 Å².